The van der Waals surface area contributed by atoms with Gasteiger partial charge in [0, 0.05) is 16.9 Å². The number of carbonyl (C=O) groups is 1. The number of hydrogen-bond acceptors (Lipinski definition) is 5. The fourth-order valence-electron chi connectivity index (χ4n) is 3.16. The molecule has 9 heteroatoms. The van der Waals surface area contributed by atoms with Gasteiger partial charge in [0.25, 0.3) is 0 Å². The molecule has 3 aromatic rings. The average molecular weight is 471 g/mol. The molecule has 1 heterocycles. The van der Waals surface area contributed by atoms with Crippen LogP contribution in [0, 0.1) is 0 Å². The van der Waals surface area contributed by atoms with Gasteiger partial charge in [0.05, 0.1) is 16.4 Å². The topological polar surface area (TPSA) is 101 Å². The van der Waals surface area contributed by atoms with E-state index >= 15 is 0 Å². The summed E-state index contributed by atoms with van der Waals surface area (Å²) in [5, 5.41) is 3.17. The molecular formula is C23H23ClN4O3S. The molecule has 0 radical (unpaired) electrons. The minimum absolute atomic E-state index is 0.0267. The van der Waals surface area contributed by atoms with Crippen molar-refractivity contribution in [3.63, 3.8) is 0 Å². The van der Waals surface area contributed by atoms with Crippen LogP contribution < -0.4 is 10.0 Å². The van der Waals surface area contributed by atoms with Crippen LogP contribution >= 0.6 is 11.6 Å². The zero-order chi connectivity index (χ0) is 22.9. The number of hydrogen-bond donors (Lipinski definition) is 2. The number of amides is 1. The van der Waals surface area contributed by atoms with Crippen LogP contribution in [0.4, 0.5) is 11.6 Å². The number of sulfonamides is 1. The summed E-state index contributed by atoms with van der Waals surface area (Å²) in [6.07, 6.45) is 2.72. The van der Waals surface area contributed by atoms with Gasteiger partial charge in [-0.2, -0.15) is 0 Å². The zero-order valence-electron chi connectivity index (χ0n) is 17.7. The molecule has 2 N–H and O–H groups in total. The molecule has 1 aliphatic carbocycles. The van der Waals surface area contributed by atoms with Crippen LogP contribution in [0.5, 0.6) is 0 Å². The lowest BCUT2D eigenvalue weighted by molar-refractivity contribution is -0.120. The summed E-state index contributed by atoms with van der Waals surface area (Å²) in [5.74, 6) is -0.302. The fourth-order valence-corrected chi connectivity index (χ4v) is 4.63. The molecule has 7 nitrogen and oxygen atoms in total. The normalized spacial score (nSPS) is 14.1. The minimum Gasteiger partial charge on any atom is -0.325 e. The number of nitrogens with one attached hydrogen (secondary N) is 2. The monoisotopic (exact) mass is 470 g/mol. The highest BCUT2D eigenvalue weighted by Gasteiger charge is 2.37. The van der Waals surface area contributed by atoms with E-state index in [0.29, 0.717) is 29.2 Å². The van der Waals surface area contributed by atoms with Crippen LogP contribution in [-0.4, -0.2) is 29.5 Å². The van der Waals surface area contributed by atoms with E-state index < -0.39 is 15.4 Å². The molecular weight excluding hydrogens is 448 g/mol. The maximum absolute atomic E-state index is 13.0. The van der Waals surface area contributed by atoms with Crippen LogP contribution in [0.25, 0.3) is 11.1 Å². The van der Waals surface area contributed by atoms with E-state index in [0.717, 1.165) is 11.1 Å². The van der Waals surface area contributed by atoms with E-state index in [1.54, 1.807) is 19.9 Å². The fraction of sp³-hybridized carbons (Fsp3) is 0.261. The molecule has 32 heavy (non-hydrogen) atoms. The summed E-state index contributed by atoms with van der Waals surface area (Å²) in [7, 11) is -3.48. The number of carbonyl (C=O) groups excluding carboxylic acids is 1. The van der Waals surface area contributed by atoms with E-state index in [9.17, 15) is 13.2 Å². The Morgan fingerprint density at radius 1 is 1.06 bits per heavy atom. The molecule has 4 rings (SSSR count). The first-order chi connectivity index (χ1) is 15.1. The lowest BCUT2D eigenvalue weighted by atomic mass is 9.88. The smallest absolute Gasteiger partial charge is 0.237 e. The summed E-state index contributed by atoms with van der Waals surface area (Å²) in [5.41, 5.74) is 1.99. The van der Waals surface area contributed by atoms with Gasteiger partial charge in [-0.1, -0.05) is 35.9 Å². The molecule has 0 spiro atoms. The maximum atomic E-state index is 13.0. The van der Waals surface area contributed by atoms with Gasteiger partial charge in [-0.15, -0.1) is 0 Å². The van der Waals surface area contributed by atoms with Gasteiger partial charge in [-0.25, -0.2) is 18.4 Å². The lowest BCUT2D eigenvalue weighted by Crippen LogP contribution is -2.36. The average Bonchev–Trinajstić information content (AvgIpc) is 3.60. The Hall–Kier alpha value is -2.97. The van der Waals surface area contributed by atoms with Crippen LogP contribution in [0.3, 0.4) is 0 Å². The molecule has 0 atom stereocenters. The highest BCUT2D eigenvalue weighted by atomic mass is 35.5. The van der Waals surface area contributed by atoms with Crippen molar-refractivity contribution in [1.82, 2.24) is 9.97 Å². The largest absolute Gasteiger partial charge is 0.325 e. The quantitative estimate of drug-likeness (QED) is 0.524. The summed E-state index contributed by atoms with van der Waals surface area (Å²) in [4.78, 5) is 21.3. The number of benzene rings is 2. The SMILES string of the molecule is CC(C)(C(=O)Nc1ccc(-c2cccc(Cl)c2)cc1)c1ccnc(NS(=O)(=O)C2CC2)n1. The predicted octanol–water partition coefficient (Wildman–Crippen LogP) is 4.62. The summed E-state index contributed by atoms with van der Waals surface area (Å²) in [6.45, 7) is 3.45. The molecule has 1 fully saturated rings. The van der Waals surface area contributed by atoms with E-state index in [2.05, 4.69) is 20.0 Å². The molecule has 0 unspecified atom stereocenters. The third kappa shape index (κ3) is 4.92. The number of anilines is 2. The highest BCUT2D eigenvalue weighted by molar-refractivity contribution is 7.93. The minimum atomic E-state index is -3.48. The Bertz CT molecular complexity index is 1260. The number of nitrogens with zero attached hydrogens (tertiary/aromatic N) is 2. The standard InChI is InChI=1S/C23H23ClN4O3S/c1-23(2,20-12-13-25-22(27-20)28-32(30,31)19-10-11-19)21(29)26-18-8-6-15(7-9-18)16-4-3-5-17(24)14-16/h3-9,12-14,19H,10-11H2,1-2H3,(H,26,29)(H,25,27,28). The van der Waals surface area contributed by atoms with Crippen molar-refractivity contribution < 1.29 is 13.2 Å². The third-order valence-electron chi connectivity index (χ3n) is 5.36. The van der Waals surface area contributed by atoms with Crippen molar-refractivity contribution in [2.75, 3.05) is 10.0 Å². The van der Waals surface area contributed by atoms with Crippen LogP contribution in [0.2, 0.25) is 5.02 Å². The second-order valence-corrected chi connectivity index (χ2v) is 10.7. The van der Waals surface area contributed by atoms with Gasteiger partial charge in [-0.3, -0.25) is 9.52 Å². The summed E-state index contributed by atoms with van der Waals surface area (Å²) < 4.78 is 26.8. The molecule has 0 aliphatic heterocycles. The molecule has 1 aliphatic rings. The Balaban J connectivity index is 1.48. The van der Waals surface area contributed by atoms with Crippen molar-refractivity contribution in [3.8, 4) is 11.1 Å². The van der Waals surface area contributed by atoms with Crippen molar-refractivity contribution in [2.24, 2.45) is 0 Å². The molecule has 1 saturated carbocycles. The van der Waals surface area contributed by atoms with E-state index in [4.69, 9.17) is 11.6 Å². The Morgan fingerprint density at radius 2 is 1.78 bits per heavy atom. The van der Waals surface area contributed by atoms with E-state index in [1.165, 1.54) is 6.20 Å². The van der Waals surface area contributed by atoms with Gasteiger partial charge < -0.3 is 5.32 Å². The van der Waals surface area contributed by atoms with Crippen molar-refractivity contribution in [2.45, 2.75) is 37.4 Å². The second-order valence-electron chi connectivity index (χ2n) is 8.28. The van der Waals surface area contributed by atoms with Gasteiger partial charge in [0.1, 0.15) is 0 Å². The first-order valence-corrected chi connectivity index (χ1v) is 12.1. The molecule has 0 bridgehead atoms. The third-order valence-corrected chi connectivity index (χ3v) is 7.41. The van der Waals surface area contributed by atoms with E-state index in [1.807, 2.05) is 48.5 Å². The predicted molar refractivity (Wildman–Crippen MR) is 126 cm³/mol. The molecule has 166 valence electrons. The molecule has 2 aromatic carbocycles. The first kappa shape index (κ1) is 22.2. The first-order valence-electron chi connectivity index (χ1n) is 10.2. The molecule has 1 aromatic heterocycles. The molecule has 1 amide bonds. The molecule has 0 saturated heterocycles. The second kappa shape index (κ2) is 8.52. The van der Waals surface area contributed by atoms with Crippen LogP contribution in [-0.2, 0) is 20.2 Å². The van der Waals surface area contributed by atoms with Crippen LogP contribution in [0.1, 0.15) is 32.4 Å². The number of rotatable bonds is 7. The Labute approximate surface area is 192 Å². The summed E-state index contributed by atoms with van der Waals surface area (Å²) in [6, 6.07) is 16.6. The van der Waals surface area contributed by atoms with Gasteiger partial charge in [0.2, 0.25) is 21.9 Å². The van der Waals surface area contributed by atoms with Crippen molar-refractivity contribution >= 4 is 39.2 Å². The van der Waals surface area contributed by atoms with Gasteiger partial charge in [0.15, 0.2) is 0 Å². The Morgan fingerprint density at radius 3 is 2.44 bits per heavy atom. The highest BCUT2D eigenvalue weighted by Crippen LogP contribution is 2.30. The van der Waals surface area contributed by atoms with Gasteiger partial charge >= 0.3 is 0 Å². The van der Waals surface area contributed by atoms with Crippen molar-refractivity contribution in [3.05, 3.63) is 71.5 Å². The lowest BCUT2D eigenvalue weighted by Gasteiger charge is -2.23. The van der Waals surface area contributed by atoms with Crippen LogP contribution in [0.15, 0.2) is 60.8 Å². The van der Waals surface area contributed by atoms with Gasteiger partial charge in [-0.05, 0) is 68.1 Å². The number of aromatic nitrogens is 2. The van der Waals surface area contributed by atoms with Crippen molar-refractivity contribution in [1.29, 1.82) is 0 Å². The maximum Gasteiger partial charge on any atom is 0.237 e. The van der Waals surface area contributed by atoms with E-state index in [-0.39, 0.29) is 17.1 Å². The number of halogens is 1. The summed E-state index contributed by atoms with van der Waals surface area (Å²) >= 11 is 6.06. The zero-order valence-corrected chi connectivity index (χ0v) is 19.2. The Kier molecular flexibility index (Phi) is 5.92.